The highest BCUT2D eigenvalue weighted by Crippen LogP contribution is 2.16. The van der Waals surface area contributed by atoms with Gasteiger partial charge in [0.05, 0.1) is 6.67 Å². The number of rotatable bonds is 4. The lowest BCUT2D eigenvalue weighted by Gasteiger charge is -2.07. The fraction of sp³-hybridized carbons (Fsp3) is 0.417. The van der Waals surface area contributed by atoms with Gasteiger partial charge in [0.25, 0.3) is 0 Å². The molecule has 0 heterocycles. The quantitative estimate of drug-likeness (QED) is 0.663. The van der Waals surface area contributed by atoms with E-state index in [9.17, 15) is 4.39 Å². The molecule has 1 radical (unpaired) electrons. The van der Waals surface area contributed by atoms with Crippen molar-refractivity contribution in [3.8, 4) is 0 Å². The molecule has 1 aromatic rings. The topological polar surface area (TPSA) is 0 Å². The maximum absolute atomic E-state index is 12.4. The normalized spacial score (nSPS) is 10.8. The molecule has 1 aromatic carbocycles. The van der Waals surface area contributed by atoms with Gasteiger partial charge in [-0.3, -0.25) is 4.39 Å². The van der Waals surface area contributed by atoms with E-state index in [1.165, 1.54) is 5.56 Å². The number of halogens is 1. The average Bonchev–Trinajstić information content (AvgIpc) is 2.18. The van der Waals surface area contributed by atoms with Crippen LogP contribution in [-0.4, -0.2) is 6.67 Å². The highest BCUT2D eigenvalue weighted by atomic mass is 19.1. The summed E-state index contributed by atoms with van der Waals surface area (Å²) < 4.78 is 12.4. The van der Waals surface area contributed by atoms with E-state index in [0.717, 1.165) is 24.3 Å². The molecule has 0 aliphatic heterocycles. The summed E-state index contributed by atoms with van der Waals surface area (Å²) in [4.78, 5) is 0. The minimum absolute atomic E-state index is 0.352. The summed E-state index contributed by atoms with van der Waals surface area (Å²) in [7, 11) is 0. The van der Waals surface area contributed by atoms with Crippen molar-refractivity contribution in [2.24, 2.45) is 0 Å². The Morgan fingerprint density at radius 2 is 2.15 bits per heavy atom. The third-order valence-electron chi connectivity index (χ3n) is 2.16. The summed E-state index contributed by atoms with van der Waals surface area (Å²) in [6.45, 7) is 3.64. The van der Waals surface area contributed by atoms with Crippen molar-refractivity contribution in [2.45, 2.75) is 26.7 Å². The maximum atomic E-state index is 12.4. The molecule has 71 valence electrons. The number of benzene rings is 1. The highest BCUT2D eigenvalue weighted by Gasteiger charge is 2.05. The van der Waals surface area contributed by atoms with E-state index < -0.39 is 0 Å². The van der Waals surface area contributed by atoms with Crippen LogP contribution in [0.5, 0.6) is 0 Å². The molecule has 0 nitrogen and oxygen atoms in total. The molecule has 0 spiro atoms. The van der Waals surface area contributed by atoms with E-state index in [4.69, 9.17) is 0 Å². The Labute approximate surface area is 79.8 Å². The molecular weight excluding hydrogens is 163 g/mol. The van der Waals surface area contributed by atoms with Gasteiger partial charge in [0.2, 0.25) is 0 Å². The SMILES string of the molecule is CCCc1cccc([C](C)CF)c1. The lowest BCUT2D eigenvalue weighted by molar-refractivity contribution is 0.516. The van der Waals surface area contributed by atoms with Crippen molar-refractivity contribution in [1.82, 2.24) is 0 Å². The van der Waals surface area contributed by atoms with Crippen LogP contribution < -0.4 is 0 Å². The van der Waals surface area contributed by atoms with Crippen molar-refractivity contribution in [2.75, 3.05) is 6.67 Å². The van der Waals surface area contributed by atoms with Gasteiger partial charge in [0.1, 0.15) is 0 Å². The van der Waals surface area contributed by atoms with Gasteiger partial charge in [-0.1, -0.05) is 44.5 Å². The molecule has 0 aromatic heterocycles. The molecule has 0 atom stereocenters. The zero-order valence-electron chi connectivity index (χ0n) is 8.31. The standard InChI is InChI=1S/C12H16F/c1-3-5-11-6-4-7-12(8-11)10(2)9-13/h4,6-8H,3,5,9H2,1-2H3. The van der Waals surface area contributed by atoms with Crippen LogP contribution in [0.2, 0.25) is 0 Å². The van der Waals surface area contributed by atoms with Crippen molar-refractivity contribution in [3.05, 3.63) is 41.3 Å². The third kappa shape index (κ3) is 2.83. The summed E-state index contributed by atoms with van der Waals surface area (Å²) >= 11 is 0. The van der Waals surface area contributed by atoms with Gasteiger partial charge in [-0.2, -0.15) is 0 Å². The van der Waals surface area contributed by atoms with Crippen molar-refractivity contribution in [3.63, 3.8) is 0 Å². The van der Waals surface area contributed by atoms with Crippen LogP contribution in [0.3, 0.4) is 0 Å². The Morgan fingerprint density at radius 3 is 2.77 bits per heavy atom. The Morgan fingerprint density at radius 1 is 1.38 bits per heavy atom. The van der Waals surface area contributed by atoms with Gasteiger partial charge >= 0.3 is 0 Å². The number of hydrogen-bond donors (Lipinski definition) is 0. The summed E-state index contributed by atoms with van der Waals surface area (Å²) in [5.41, 5.74) is 2.33. The minimum Gasteiger partial charge on any atom is -0.250 e. The van der Waals surface area contributed by atoms with Crippen LogP contribution >= 0.6 is 0 Å². The zero-order chi connectivity index (χ0) is 9.68. The highest BCUT2D eigenvalue weighted by molar-refractivity contribution is 5.33. The van der Waals surface area contributed by atoms with Crippen LogP contribution in [0.1, 0.15) is 31.4 Å². The largest absolute Gasteiger partial charge is 0.250 e. The molecule has 0 aliphatic rings. The first-order valence-corrected chi connectivity index (χ1v) is 4.75. The van der Waals surface area contributed by atoms with Gasteiger partial charge in [-0.15, -0.1) is 0 Å². The van der Waals surface area contributed by atoms with Crippen LogP contribution in [-0.2, 0) is 6.42 Å². The molecule has 0 amide bonds. The second-order valence-corrected chi connectivity index (χ2v) is 3.36. The van der Waals surface area contributed by atoms with Gasteiger partial charge in [0.15, 0.2) is 0 Å². The molecule has 1 rings (SSSR count). The number of aryl methyl sites for hydroxylation is 1. The monoisotopic (exact) mass is 179 g/mol. The molecule has 0 bridgehead atoms. The molecule has 0 N–H and O–H groups in total. The molecule has 0 aliphatic carbocycles. The van der Waals surface area contributed by atoms with E-state index in [1.807, 2.05) is 19.1 Å². The van der Waals surface area contributed by atoms with E-state index in [-0.39, 0.29) is 6.67 Å². The second-order valence-electron chi connectivity index (χ2n) is 3.36. The van der Waals surface area contributed by atoms with Crippen molar-refractivity contribution >= 4 is 0 Å². The molecule has 0 saturated heterocycles. The predicted molar refractivity (Wildman–Crippen MR) is 54.4 cm³/mol. The van der Waals surface area contributed by atoms with Crippen LogP contribution in [0, 0.1) is 5.92 Å². The fourth-order valence-corrected chi connectivity index (χ4v) is 1.36. The first kappa shape index (κ1) is 10.2. The third-order valence-corrected chi connectivity index (χ3v) is 2.16. The van der Waals surface area contributed by atoms with Gasteiger partial charge in [-0.25, -0.2) is 0 Å². The summed E-state index contributed by atoms with van der Waals surface area (Å²) in [6.07, 6.45) is 2.21. The minimum atomic E-state index is -0.352. The van der Waals surface area contributed by atoms with Gasteiger partial charge < -0.3 is 0 Å². The van der Waals surface area contributed by atoms with Crippen molar-refractivity contribution in [1.29, 1.82) is 0 Å². The average molecular weight is 179 g/mol. The van der Waals surface area contributed by atoms with E-state index in [0.29, 0.717) is 0 Å². The molecular formula is C12H16F. The van der Waals surface area contributed by atoms with Crippen LogP contribution in [0.25, 0.3) is 0 Å². The Balaban J connectivity index is 2.78. The van der Waals surface area contributed by atoms with Crippen LogP contribution in [0.4, 0.5) is 4.39 Å². The summed E-state index contributed by atoms with van der Waals surface area (Å²) in [5.74, 6) is 0.818. The van der Waals surface area contributed by atoms with Crippen LogP contribution in [0.15, 0.2) is 24.3 Å². The summed E-state index contributed by atoms with van der Waals surface area (Å²) in [5, 5.41) is 0. The lowest BCUT2D eigenvalue weighted by Crippen LogP contribution is -1.97. The second kappa shape index (κ2) is 5.00. The smallest absolute Gasteiger partial charge is 0.0997 e. The Bertz CT molecular complexity index is 255. The van der Waals surface area contributed by atoms with E-state index in [2.05, 4.69) is 19.1 Å². The first-order chi connectivity index (χ1) is 6.27. The van der Waals surface area contributed by atoms with E-state index in [1.54, 1.807) is 0 Å². The molecule has 0 saturated carbocycles. The predicted octanol–water partition coefficient (Wildman–Crippen LogP) is 3.55. The Kier molecular flexibility index (Phi) is 3.94. The maximum Gasteiger partial charge on any atom is 0.0997 e. The van der Waals surface area contributed by atoms with Gasteiger partial charge in [0, 0.05) is 5.92 Å². The molecule has 13 heavy (non-hydrogen) atoms. The first-order valence-electron chi connectivity index (χ1n) is 4.75. The molecule has 0 unspecified atom stereocenters. The Hall–Kier alpha value is -0.850. The van der Waals surface area contributed by atoms with E-state index >= 15 is 0 Å². The summed E-state index contributed by atoms with van der Waals surface area (Å²) in [6, 6.07) is 8.14. The zero-order valence-corrected chi connectivity index (χ0v) is 8.31. The number of alkyl halides is 1. The molecule has 1 heteroatoms. The fourth-order valence-electron chi connectivity index (χ4n) is 1.36. The van der Waals surface area contributed by atoms with Gasteiger partial charge in [-0.05, 0) is 17.5 Å². The molecule has 0 fully saturated rings. The lowest BCUT2D eigenvalue weighted by atomic mass is 9.99. The number of hydrogen-bond acceptors (Lipinski definition) is 0. The van der Waals surface area contributed by atoms with Crippen molar-refractivity contribution < 1.29 is 4.39 Å².